The lowest BCUT2D eigenvalue weighted by molar-refractivity contribution is 0.169. The van der Waals surface area contributed by atoms with Crippen molar-refractivity contribution in [3.63, 3.8) is 0 Å². The number of rotatable bonds is 2. The Balaban J connectivity index is 2.23. The summed E-state index contributed by atoms with van der Waals surface area (Å²) in [6, 6.07) is 3.37. The molecule has 6 heteroatoms. The SMILES string of the molecule is CC(C)(F)c1cc2c(cc1-c1cnoc1N)OCCO2. The lowest BCUT2D eigenvalue weighted by Gasteiger charge is -2.24. The smallest absolute Gasteiger partial charge is 0.229 e. The minimum absolute atomic E-state index is 0.146. The van der Waals surface area contributed by atoms with Crippen molar-refractivity contribution in [3.8, 4) is 22.6 Å². The van der Waals surface area contributed by atoms with E-state index in [1.165, 1.54) is 20.0 Å². The van der Waals surface area contributed by atoms with E-state index in [1.807, 2.05) is 0 Å². The highest BCUT2D eigenvalue weighted by Crippen LogP contribution is 2.43. The molecule has 1 aromatic carbocycles. The predicted octanol–water partition coefficient (Wildman–Crippen LogP) is 2.90. The molecule has 0 saturated carbocycles. The number of ether oxygens (including phenoxy) is 2. The molecule has 3 rings (SSSR count). The Labute approximate surface area is 115 Å². The maximum atomic E-state index is 14.5. The molecule has 0 aliphatic carbocycles. The fraction of sp³-hybridized carbons (Fsp3) is 0.357. The zero-order valence-electron chi connectivity index (χ0n) is 11.3. The van der Waals surface area contributed by atoms with E-state index < -0.39 is 5.67 Å². The summed E-state index contributed by atoms with van der Waals surface area (Å²) in [4.78, 5) is 0. The van der Waals surface area contributed by atoms with Gasteiger partial charge in [0.1, 0.15) is 18.9 Å². The third-order valence-corrected chi connectivity index (χ3v) is 3.21. The van der Waals surface area contributed by atoms with Crippen LogP contribution in [0, 0.1) is 0 Å². The van der Waals surface area contributed by atoms with Crippen LogP contribution in [0.25, 0.3) is 11.1 Å². The minimum atomic E-state index is -1.56. The summed E-state index contributed by atoms with van der Waals surface area (Å²) in [6.07, 6.45) is 1.47. The molecule has 5 nitrogen and oxygen atoms in total. The first-order chi connectivity index (χ1) is 9.47. The zero-order valence-corrected chi connectivity index (χ0v) is 11.3. The number of anilines is 1. The van der Waals surface area contributed by atoms with Crippen LogP contribution >= 0.6 is 0 Å². The van der Waals surface area contributed by atoms with Gasteiger partial charge in [-0.05, 0) is 31.5 Å². The second-order valence-electron chi connectivity index (χ2n) is 5.12. The molecule has 20 heavy (non-hydrogen) atoms. The molecule has 106 valence electrons. The summed E-state index contributed by atoms with van der Waals surface area (Å²) in [6.45, 7) is 3.87. The molecule has 0 saturated heterocycles. The first kappa shape index (κ1) is 12.8. The van der Waals surface area contributed by atoms with Crippen LogP contribution in [0.4, 0.5) is 10.3 Å². The number of benzene rings is 1. The second-order valence-corrected chi connectivity index (χ2v) is 5.12. The van der Waals surface area contributed by atoms with Crippen LogP contribution in [0.5, 0.6) is 11.5 Å². The Bertz CT molecular complexity index is 646. The molecule has 2 aromatic rings. The van der Waals surface area contributed by atoms with Gasteiger partial charge in [-0.25, -0.2) is 4.39 Å². The maximum Gasteiger partial charge on any atom is 0.229 e. The highest BCUT2D eigenvalue weighted by Gasteiger charge is 2.28. The fourth-order valence-corrected chi connectivity index (χ4v) is 2.25. The average Bonchev–Trinajstić information content (AvgIpc) is 2.82. The van der Waals surface area contributed by atoms with Crippen LogP contribution < -0.4 is 15.2 Å². The summed E-state index contributed by atoms with van der Waals surface area (Å²) < 4.78 is 30.4. The Hall–Kier alpha value is -2.24. The van der Waals surface area contributed by atoms with Crippen LogP contribution in [0.15, 0.2) is 22.9 Å². The zero-order chi connectivity index (χ0) is 14.3. The van der Waals surface area contributed by atoms with Crippen molar-refractivity contribution >= 4 is 5.88 Å². The van der Waals surface area contributed by atoms with E-state index in [0.29, 0.717) is 41.4 Å². The summed E-state index contributed by atoms with van der Waals surface area (Å²) >= 11 is 0. The monoisotopic (exact) mass is 278 g/mol. The van der Waals surface area contributed by atoms with Crippen LogP contribution in [-0.2, 0) is 5.67 Å². The van der Waals surface area contributed by atoms with Gasteiger partial charge < -0.3 is 19.7 Å². The summed E-state index contributed by atoms with van der Waals surface area (Å²) in [5.41, 5.74) is 5.77. The fourth-order valence-electron chi connectivity index (χ4n) is 2.25. The predicted molar refractivity (Wildman–Crippen MR) is 71.5 cm³/mol. The number of nitrogen functional groups attached to an aromatic ring is 1. The molecule has 0 fully saturated rings. The van der Waals surface area contributed by atoms with E-state index in [1.54, 1.807) is 12.1 Å². The van der Waals surface area contributed by atoms with Gasteiger partial charge in [0, 0.05) is 5.56 Å². The van der Waals surface area contributed by atoms with E-state index in [4.69, 9.17) is 19.7 Å². The molecule has 2 heterocycles. The molecule has 0 atom stereocenters. The van der Waals surface area contributed by atoms with Gasteiger partial charge >= 0.3 is 0 Å². The summed E-state index contributed by atoms with van der Waals surface area (Å²) in [7, 11) is 0. The van der Waals surface area contributed by atoms with Crippen LogP contribution in [0.2, 0.25) is 0 Å². The van der Waals surface area contributed by atoms with Gasteiger partial charge in [0.05, 0.1) is 11.8 Å². The van der Waals surface area contributed by atoms with Crippen LogP contribution in [0.1, 0.15) is 19.4 Å². The van der Waals surface area contributed by atoms with E-state index >= 15 is 0 Å². The number of fused-ring (bicyclic) bond motifs is 1. The maximum absolute atomic E-state index is 14.5. The van der Waals surface area contributed by atoms with Gasteiger partial charge in [-0.3, -0.25) is 0 Å². The first-order valence-corrected chi connectivity index (χ1v) is 6.30. The quantitative estimate of drug-likeness (QED) is 0.914. The summed E-state index contributed by atoms with van der Waals surface area (Å²) in [5, 5.41) is 3.64. The number of nitrogens with zero attached hydrogens (tertiary/aromatic N) is 1. The molecule has 0 bridgehead atoms. The normalized spacial score (nSPS) is 14.3. The van der Waals surface area contributed by atoms with Crippen molar-refractivity contribution in [1.82, 2.24) is 5.16 Å². The Morgan fingerprint density at radius 2 is 1.80 bits per heavy atom. The van der Waals surface area contributed by atoms with Crippen LogP contribution in [0.3, 0.4) is 0 Å². The molecule has 0 unspecified atom stereocenters. The number of alkyl halides is 1. The van der Waals surface area contributed by atoms with Crippen LogP contribution in [-0.4, -0.2) is 18.4 Å². The molecule has 2 N–H and O–H groups in total. The van der Waals surface area contributed by atoms with Crippen molar-refractivity contribution in [3.05, 3.63) is 23.9 Å². The minimum Gasteiger partial charge on any atom is -0.486 e. The number of hydrogen-bond acceptors (Lipinski definition) is 5. The molecular formula is C14H15FN2O3. The Morgan fingerprint density at radius 1 is 1.15 bits per heavy atom. The van der Waals surface area contributed by atoms with E-state index in [-0.39, 0.29) is 5.88 Å². The highest BCUT2D eigenvalue weighted by atomic mass is 19.1. The molecular weight excluding hydrogens is 263 g/mol. The lowest BCUT2D eigenvalue weighted by Crippen LogP contribution is -2.18. The molecule has 0 radical (unpaired) electrons. The molecule has 1 aliphatic rings. The Kier molecular flexibility index (Phi) is 2.81. The van der Waals surface area contributed by atoms with E-state index in [0.717, 1.165) is 0 Å². The number of halogens is 1. The standard InChI is InChI=1S/C14H15FN2O3/c1-14(2,15)10-6-12-11(18-3-4-19-12)5-8(10)9-7-17-20-13(9)16/h5-7H,3-4,16H2,1-2H3. The number of aromatic nitrogens is 1. The van der Waals surface area contributed by atoms with Gasteiger partial charge in [-0.1, -0.05) is 5.16 Å². The second kappa shape index (κ2) is 4.40. The van der Waals surface area contributed by atoms with E-state index in [9.17, 15) is 4.39 Å². The topological polar surface area (TPSA) is 70.5 Å². The van der Waals surface area contributed by atoms with Crippen molar-refractivity contribution in [2.45, 2.75) is 19.5 Å². The third kappa shape index (κ3) is 2.07. The van der Waals surface area contributed by atoms with Crippen molar-refractivity contribution in [1.29, 1.82) is 0 Å². The van der Waals surface area contributed by atoms with Gasteiger partial charge in [-0.15, -0.1) is 0 Å². The average molecular weight is 278 g/mol. The molecule has 0 amide bonds. The largest absolute Gasteiger partial charge is 0.486 e. The number of hydrogen-bond donors (Lipinski definition) is 1. The Morgan fingerprint density at radius 3 is 2.35 bits per heavy atom. The van der Waals surface area contributed by atoms with Gasteiger partial charge in [0.2, 0.25) is 5.88 Å². The van der Waals surface area contributed by atoms with E-state index in [2.05, 4.69) is 5.16 Å². The summed E-state index contributed by atoms with van der Waals surface area (Å²) in [5.74, 6) is 1.25. The van der Waals surface area contributed by atoms with Gasteiger partial charge in [0.25, 0.3) is 0 Å². The first-order valence-electron chi connectivity index (χ1n) is 6.30. The third-order valence-electron chi connectivity index (χ3n) is 3.21. The molecule has 1 aromatic heterocycles. The molecule has 1 aliphatic heterocycles. The highest BCUT2D eigenvalue weighted by molar-refractivity contribution is 5.78. The van der Waals surface area contributed by atoms with Crippen molar-refractivity contribution < 1.29 is 18.4 Å². The van der Waals surface area contributed by atoms with Crippen molar-refractivity contribution in [2.75, 3.05) is 18.9 Å². The lowest BCUT2D eigenvalue weighted by atomic mass is 9.91. The molecule has 0 spiro atoms. The number of nitrogens with two attached hydrogens (primary N) is 1. The van der Waals surface area contributed by atoms with Gasteiger partial charge in [0.15, 0.2) is 11.5 Å². The van der Waals surface area contributed by atoms with Gasteiger partial charge in [-0.2, -0.15) is 0 Å². The van der Waals surface area contributed by atoms with Crippen molar-refractivity contribution in [2.24, 2.45) is 0 Å².